The molecule has 3 rings (SSSR count). The van der Waals surface area contributed by atoms with Crippen LogP contribution in [0.4, 0.5) is 15.4 Å². The lowest BCUT2D eigenvalue weighted by Crippen LogP contribution is -2.22. The highest BCUT2D eigenvalue weighted by molar-refractivity contribution is 7.48. The molecule has 0 bridgehead atoms. The second-order valence-corrected chi connectivity index (χ2v) is 11.2. The van der Waals surface area contributed by atoms with Gasteiger partial charge < -0.3 is 34.6 Å². The number of fused-ring (bicyclic) bond motifs is 3. The number of nitrogens with zero attached hydrogens (tertiary/aromatic N) is 3. The molecule has 3 N–H and O–H groups in total. The van der Waals surface area contributed by atoms with E-state index in [1.807, 2.05) is 35.8 Å². The SMILES string of the molecule is CCNCc1nc2c(N)nc3ccccc3c2n1CC(C)OP(=O)(OCOC(=O)OC(C)C)OCOC(=O)OC(C)C. The molecule has 0 amide bonds. The van der Waals surface area contributed by atoms with Crippen molar-refractivity contribution in [1.82, 2.24) is 19.9 Å². The molecule has 0 fully saturated rings. The third-order valence-corrected chi connectivity index (χ3v) is 6.87. The second kappa shape index (κ2) is 15.1. The molecule has 0 saturated carbocycles. The van der Waals surface area contributed by atoms with E-state index in [1.165, 1.54) is 0 Å². The Hall–Kier alpha value is -3.49. The molecule has 0 aliphatic carbocycles. The highest BCUT2D eigenvalue weighted by atomic mass is 31.2. The van der Waals surface area contributed by atoms with Crippen LogP contribution in [0.25, 0.3) is 21.9 Å². The molecule has 2 heterocycles. The number of hydrogen-bond donors (Lipinski definition) is 2. The third kappa shape index (κ3) is 9.26. The number of nitrogens with one attached hydrogen (secondary N) is 1. The van der Waals surface area contributed by atoms with E-state index in [-0.39, 0.29) is 12.4 Å². The lowest BCUT2D eigenvalue weighted by Gasteiger charge is -2.23. The number of anilines is 1. The predicted molar refractivity (Wildman–Crippen MR) is 152 cm³/mol. The van der Waals surface area contributed by atoms with Crippen molar-refractivity contribution in [2.75, 3.05) is 25.9 Å². The third-order valence-electron chi connectivity index (χ3n) is 5.41. The average Bonchev–Trinajstić information content (AvgIpc) is 3.25. The van der Waals surface area contributed by atoms with Crippen molar-refractivity contribution in [2.24, 2.45) is 0 Å². The van der Waals surface area contributed by atoms with Crippen molar-refractivity contribution in [3.8, 4) is 0 Å². The molecule has 1 unspecified atom stereocenters. The lowest BCUT2D eigenvalue weighted by molar-refractivity contribution is -0.0501. The summed E-state index contributed by atoms with van der Waals surface area (Å²) in [5.74, 6) is 0.908. The van der Waals surface area contributed by atoms with Crippen LogP contribution in [-0.2, 0) is 50.2 Å². The maximum absolute atomic E-state index is 13.5. The zero-order chi connectivity index (χ0) is 30.9. The molecule has 1 atom stereocenters. The topological polar surface area (TPSA) is 185 Å². The minimum absolute atomic E-state index is 0.133. The van der Waals surface area contributed by atoms with E-state index >= 15 is 0 Å². The Balaban J connectivity index is 1.85. The van der Waals surface area contributed by atoms with Crippen LogP contribution in [0.15, 0.2) is 24.3 Å². The van der Waals surface area contributed by atoms with Crippen LogP contribution in [0, 0.1) is 0 Å². The standard InChI is InChI=1S/C26H38N5O10P/c1-7-28-12-21-30-22-23(19-10-8-9-11-20(19)29-24(22)27)31(21)13-18(6)41-42(34,37-14-35-25(32)39-16(2)3)38-15-36-26(33)40-17(4)5/h8-11,16-18,28H,7,12-15H2,1-6H3,(H2,27,29). The molecule has 0 aliphatic heterocycles. The zero-order valence-electron chi connectivity index (χ0n) is 24.5. The maximum Gasteiger partial charge on any atom is 0.510 e. The molecule has 16 heteroatoms. The maximum atomic E-state index is 13.5. The predicted octanol–water partition coefficient (Wildman–Crippen LogP) is 4.86. The first-order valence-corrected chi connectivity index (χ1v) is 14.9. The summed E-state index contributed by atoms with van der Waals surface area (Å²) < 4.78 is 50.9. The largest absolute Gasteiger partial charge is 0.510 e. The minimum Gasteiger partial charge on any atom is -0.432 e. The van der Waals surface area contributed by atoms with Crippen molar-refractivity contribution in [3.05, 3.63) is 30.1 Å². The number of carbonyl (C=O) groups excluding carboxylic acids is 2. The van der Waals surface area contributed by atoms with Crippen molar-refractivity contribution in [2.45, 2.75) is 72.9 Å². The number of nitrogens with two attached hydrogens (primary N) is 1. The molecule has 232 valence electrons. The molecule has 0 aliphatic rings. The second-order valence-electron chi connectivity index (χ2n) is 9.61. The number of phosphoric ester groups is 1. The Kier molecular flexibility index (Phi) is 11.9. The van der Waals surface area contributed by atoms with Crippen LogP contribution in [0.2, 0.25) is 0 Å². The van der Waals surface area contributed by atoms with Gasteiger partial charge in [0, 0.05) is 5.39 Å². The van der Waals surface area contributed by atoms with Crippen LogP contribution in [0.5, 0.6) is 0 Å². The van der Waals surface area contributed by atoms with Gasteiger partial charge in [-0.1, -0.05) is 25.1 Å². The normalized spacial score (nSPS) is 12.7. The Morgan fingerprint density at radius 1 is 0.976 bits per heavy atom. The summed E-state index contributed by atoms with van der Waals surface area (Å²) in [6.45, 7) is 9.72. The molecule has 0 saturated heterocycles. The zero-order valence-corrected chi connectivity index (χ0v) is 25.4. The van der Waals surface area contributed by atoms with Gasteiger partial charge >= 0.3 is 20.1 Å². The molecule has 1 aromatic carbocycles. The number of para-hydroxylation sites is 1. The minimum atomic E-state index is -4.48. The highest BCUT2D eigenvalue weighted by Gasteiger charge is 2.32. The van der Waals surface area contributed by atoms with Crippen LogP contribution < -0.4 is 11.1 Å². The molecular weight excluding hydrogens is 573 g/mol. The first-order valence-electron chi connectivity index (χ1n) is 13.4. The Morgan fingerprint density at radius 3 is 2.14 bits per heavy atom. The Bertz CT molecular complexity index is 1380. The monoisotopic (exact) mass is 611 g/mol. The van der Waals surface area contributed by atoms with Gasteiger partial charge in [-0.15, -0.1) is 0 Å². The number of ether oxygens (including phenoxy) is 4. The number of nitrogen functional groups attached to an aromatic ring is 1. The van der Waals surface area contributed by atoms with E-state index in [2.05, 4.69) is 10.3 Å². The van der Waals surface area contributed by atoms with Crippen LogP contribution in [-0.4, -0.2) is 65.3 Å². The summed E-state index contributed by atoms with van der Waals surface area (Å²) >= 11 is 0. The lowest BCUT2D eigenvalue weighted by atomic mass is 10.2. The van der Waals surface area contributed by atoms with Crippen LogP contribution in [0.1, 0.15) is 47.4 Å². The Morgan fingerprint density at radius 2 is 1.57 bits per heavy atom. The molecule has 0 radical (unpaired) electrons. The molecular formula is C26H38N5O10P. The van der Waals surface area contributed by atoms with E-state index in [0.29, 0.717) is 29.9 Å². The van der Waals surface area contributed by atoms with Gasteiger partial charge in [0.05, 0.1) is 42.4 Å². The number of carbonyl (C=O) groups is 2. The van der Waals surface area contributed by atoms with Gasteiger partial charge in [-0.3, -0.25) is 4.52 Å². The number of aromatic nitrogens is 3. The van der Waals surface area contributed by atoms with Crippen molar-refractivity contribution >= 4 is 47.9 Å². The molecule has 42 heavy (non-hydrogen) atoms. The number of hydrogen-bond acceptors (Lipinski definition) is 14. The van der Waals surface area contributed by atoms with Crippen LogP contribution >= 0.6 is 7.82 Å². The van der Waals surface area contributed by atoms with E-state index in [0.717, 1.165) is 10.9 Å². The van der Waals surface area contributed by atoms with Crippen molar-refractivity contribution < 1.29 is 46.7 Å². The fourth-order valence-corrected chi connectivity index (χ4v) is 4.88. The summed E-state index contributed by atoms with van der Waals surface area (Å²) in [5, 5.41) is 4.06. The van der Waals surface area contributed by atoms with Gasteiger partial charge in [-0.25, -0.2) is 33.2 Å². The summed E-state index contributed by atoms with van der Waals surface area (Å²) in [6.07, 6.45) is -3.81. The molecule has 2 aromatic heterocycles. The van der Waals surface area contributed by atoms with E-state index in [4.69, 9.17) is 43.2 Å². The molecule has 15 nitrogen and oxygen atoms in total. The fourth-order valence-electron chi connectivity index (χ4n) is 3.81. The van der Waals surface area contributed by atoms with Gasteiger partial charge in [-0.2, -0.15) is 0 Å². The number of imidazole rings is 1. The average molecular weight is 612 g/mol. The summed E-state index contributed by atoms with van der Waals surface area (Å²) in [4.78, 5) is 32.7. The van der Waals surface area contributed by atoms with Gasteiger partial charge in [0.2, 0.25) is 13.6 Å². The molecule has 0 spiro atoms. The summed E-state index contributed by atoms with van der Waals surface area (Å²) in [5.41, 5.74) is 8.17. The number of phosphoric acid groups is 1. The molecule has 3 aromatic rings. The smallest absolute Gasteiger partial charge is 0.432 e. The summed E-state index contributed by atoms with van der Waals surface area (Å²) in [6, 6.07) is 7.49. The van der Waals surface area contributed by atoms with Gasteiger partial charge in [0.15, 0.2) is 5.82 Å². The first kappa shape index (κ1) is 33.0. The number of benzene rings is 1. The van der Waals surface area contributed by atoms with Crippen molar-refractivity contribution in [3.63, 3.8) is 0 Å². The van der Waals surface area contributed by atoms with Crippen molar-refractivity contribution in [1.29, 1.82) is 0 Å². The Labute approximate surface area is 243 Å². The van der Waals surface area contributed by atoms with Crippen LogP contribution in [0.3, 0.4) is 0 Å². The fraction of sp³-hybridized carbons (Fsp3) is 0.538. The van der Waals surface area contributed by atoms with Gasteiger partial charge in [0.25, 0.3) is 0 Å². The van der Waals surface area contributed by atoms with Gasteiger partial charge in [0.1, 0.15) is 11.3 Å². The number of pyridine rings is 1. The first-order chi connectivity index (χ1) is 19.9. The van der Waals surface area contributed by atoms with E-state index < -0.39 is 52.0 Å². The van der Waals surface area contributed by atoms with E-state index in [1.54, 1.807) is 34.6 Å². The number of rotatable bonds is 15. The van der Waals surface area contributed by atoms with Gasteiger partial charge in [-0.05, 0) is 47.2 Å². The van der Waals surface area contributed by atoms with E-state index in [9.17, 15) is 14.2 Å². The summed E-state index contributed by atoms with van der Waals surface area (Å²) in [7, 11) is -4.48. The highest BCUT2D eigenvalue weighted by Crippen LogP contribution is 2.51. The quantitative estimate of drug-likeness (QED) is 0.135.